The molecule has 0 aliphatic heterocycles. The van der Waals surface area contributed by atoms with Crippen molar-refractivity contribution in [2.24, 2.45) is 0 Å². The molecule has 112 valence electrons. The van der Waals surface area contributed by atoms with Crippen LogP contribution < -0.4 is 10.6 Å². The van der Waals surface area contributed by atoms with Gasteiger partial charge in [-0.3, -0.25) is 4.79 Å². The van der Waals surface area contributed by atoms with Crippen LogP contribution in [0.15, 0.2) is 48.8 Å². The Morgan fingerprint density at radius 2 is 1.86 bits per heavy atom. The molecule has 2 aromatic rings. The van der Waals surface area contributed by atoms with Gasteiger partial charge in [0.05, 0.1) is 0 Å². The quantitative estimate of drug-likeness (QED) is 0.820. The molecule has 0 aliphatic rings. The van der Waals surface area contributed by atoms with E-state index in [1.54, 1.807) is 0 Å². The largest absolute Gasteiger partial charge is 0.350 e. The highest BCUT2D eigenvalue weighted by molar-refractivity contribution is 5.75. The van der Waals surface area contributed by atoms with Crippen molar-refractivity contribution in [1.82, 2.24) is 15.2 Å². The van der Waals surface area contributed by atoms with Crippen LogP contribution in [0, 0.1) is 0 Å². The van der Waals surface area contributed by atoms with Crippen molar-refractivity contribution in [2.75, 3.05) is 0 Å². The van der Waals surface area contributed by atoms with E-state index in [-0.39, 0.29) is 5.91 Å². The second kappa shape index (κ2) is 7.64. The van der Waals surface area contributed by atoms with Gasteiger partial charge >= 0.3 is 0 Å². The second-order valence-corrected chi connectivity index (χ2v) is 5.49. The Bertz CT molecular complexity index is 560. The Kier molecular flexibility index (Phi) is 5.58. The van der Waals surface area contributed by atoms with E-state index in [0.717, 1.165) is 12.1 Å². The van der Waals surface area contributed by atoms with Crippen molar-refractivity contribution in [1.29, 1.82) is 0 Å². The van der Waals surface area contributed by atoms with Gasteiger partial charge in [-0.1, -0.05) is 44.2 Å². The number of nitrogens with one attached hydrogen (secondary N) is 2. The van der Waals surface area contributed by atoms with Gasteiger partial charge in [0.1, 0.15) is 6.54 Å². The van der Waals surface area contributed by atoms with Crippen LogP contribution in [-0.4, -0.2) is 16.5 Å². The zero-order valence-corrected chi connectivity index (χ0v) is 12.7. The number of carbonyl (C=O) groups excluding carboxylic acids is 1. The van der Waals surface area contributed by atoms with Gasteiger partial charge in [0.2, 0.25) is 5.91 Å². The van der Waals surface area contributed by atoms with E-state index in [1.807, 2.05) is 53.4 Å². The fraction of sp³-hybridized carbons (Fsp3) is 0.353. The lowest BCUT2D eigenvalue weighted by Crippen LogP contribution is -2.26. The fourth-order valence-electron chi connectivity index (χ4n) is 2.03. The molecule has 0 atom stereocenters. The third-order valence-electron chi connectivity index (χ3n) is 3.18. The van der Waals surface area contributed by atoms with Crippen molar-refractivity contribution in [3.63, 3.8) is 0 Å². The number of hydrogen-bond acceptors (Lipinski definition) is 2. The van der Waals surface area contributed by atoms with Gasteiger partial charge in [0.25, 0.3) is 0 Å². The summed E-state index contributed by atoms with van der Waals surface area (Å²) in [6.45, 7) is 6.00. The maximum atomic E-state index is 11.9. The van der Waals surface area contributed by atoms with Gasteiger partial charge in [-0.2, -0.15) is 0 Å². The van der Waals surface area contributed by atoms with E-state index in [2.05, 4.69) is 24.5 Å². The second-order valence-electron chi connectivity index (χ2n) is 5.49. The number of carbonyl (C=O) groups is 1. The maximum absolute atomic E-state index is 11.9. The fourth-order valence-corrected chi connectivity index (χ4v) is 2.03. The topological polar surface area (TPSA) is 46.1 Å². The number of amides is 1. The van der Waals surface area contributed by atoms with Crippen molar-refractivity contribution >= 4 is 5.91 Å². The molecular weight excluding hydrogens is 262 g/mol. The molecule has 1 amide bonds. The maximum Gasteiger partial charge on any atom is 0.240 e. The lowest BCUT2D eigenvalue weighted by molar-refractivity contribution is -0.121. The first kappa shape index (κ1) is 15.3. The summed E-state index contributed by atoms with van der Waals surface area (Å²) in [6, 6.07) is 12.4. The lowest BCUT2D eigenvalue weighted by Gasteiger charge is -2.07. The Balaban J connectivity index is 1.77. The summed E-state index contributed by atoms with van der Waals surface area (Å²) in [6.07, 6.45) is 3.96. The summed E-state index contributed by atoms with van der Waals surface area (Å²) in [7, 11) is 0. The monoisotopic (exact) mass is 285 g/mol. The highest BCUT2D eigenvalue weighted by Crippen LogP contribution is 2.02. The lowest BCUT2D eigenvalue weighted by atomic mass is 10.2. The SMILES string of the molecule is CC(C)NCc1ccn(CC(=O)NCc2ccccc2)c1. The molecule has 1 aromatic heterocycles. The molecule has 21 heavy (non-hydrogen) atoms. The predicted molar refractivity (Wildman–Crippen MR) is 84.7 cm³/mol. The van der Waals surface area contributed by atoms with Gasteiger partial charge in [-0.05, 0) is 17.2 Å². The molecule has 0 fully saturated rings. The van der Waals surface area contributed by atoms with Gasteiger partial charge in [-0.15, -0.1) is 0 Å². The molecule has 4 nitrogen and oxygen atoms in total. The van der Waals surface area contributed by atoms with Crippen LogP contribution in [-0.2, 0) is 24.4 Å². The molecule has 2 N–H and O–H groups in total. The van der Waals surface area contributed by atoms with Crippen molar-refractivity contribution in [2.45, 2.75) is 39.5 Å². The number of nitrogens with zero attached hydrogens (tertiary/aromatic N) is 1. The summed E-state index contributed by atoms with van der Waals surface area (Å²) in [5, 5.41) is 6.29. The molecule has 1 heterocycles. The molecule has 0 radical (unpaired) electrons. The Hall–Kier alpha value is -2.07. The number of benzene rings is 1. The molecule has 0 unspecified atom stereocenters. The number of rotatable bonds is 7. The molecule has 0 saturated heterocycles. The van der Waals surface area contributed by atoms with Gasteiger partial charge in [0, 0.05) is 31.5 Å². The standard InChI is InChI=1S/C17H23N3O/c1-14(2)18-11-16-8-9-20(12-16)13-17(21)19-10-15-6-4-3-5-7-15/h3-9,12,14,18H,10-11,13H2,1-2H3,(H,19,21). The van der Waals surface area contributed by atoms with Gasteiger partial charge < -0.3 is 15.2 Å². The summed E-state index contributed by atoms with van der Waals surface area (Å²) in [5.74, 6) is 0.0258. The van der Waals surface area contributed by atoms with Crippen LogP contribution in [0.3, 0.4) is 0 Å². The average Bonchev–Trinajstić information content (AvgIpc) is 2.91. The van der Waals surface area contributed by atoms with Crippen LogP contribution in [0.1, 0.15) is 25.0 Å². The minimum absolute atomic E-state index is 0.0258. The van der Waals surface area contributed by atoms with E-state index >= 15 is 0 Å². The summed E-state index contributed by atoms with van der Waals surface area (Å²) in [4.78, 5) is 11.9. The minimum Gasteiger partial charge on any atom is -0.350 e. The molecule has 4 heteroatoms. The minimum atomic E-state index is 0.0258. The zero-order valence-electron chi connectivity index (χ0n) is 12.7. The summed E-state index contributed by atoms with van der Waals surface area (Å²) < 4.78 is 1.91. The van der Waals surface area contributed by atoms with Crippen molar-refractivity contribution < 1.29 is 4.79 Å². The molecular formula is C17H23N3O. The molecule has 2 rings (SSSR count). The van der Waals surface area contributed by atoms with Crippen LogP contribution in [0.25, 0.3) is 0 Å². The van der Waals surface area contributed by atoms with E-state index in [9.17, 15) is 4.79 Å². The third kappa shape index (κ3) is 5.44. The summed E-state index contributed by atoms with van der Waals surface area (Å²) in [5.41, 5.74) is 2.31. The first-order chi connectivity index (χ1) is 10.1. The van der Waals surface area contributed by atoms with Crippen molar-refractivity contribution in [3.05, 3.63) is 59.9 Å². The van der Waals surface area contributed by atoms with Crippen molar-refractivity contribution in [3.8, 4) is 0 Å². The Morgan fingerprint density at radius 3 is 2.57 bits per heavy atom. The number of hydrogen-bond donors (Lipinski definition) is 2. The number of aromatic nitrogens is 1. The normalized spacial score (nSPS) is 10.8. The van der Waals surface area contributed by atoms with E-state index < -0.39 is 0 Å². The first-order valence-corrected chi connectivity index (χ1v) is 7.32. The molecule has 0 saturated carbocycles. The average molecular weight is 285 g/mol. The van der Waals surface area contributed by atoms with Gasteiger partial charge in [0.15, 0.2) is 0 Å². The first-order valence-electron chi connectivity index (χ1n) is 7.32. The van der Waals surface area contributed by atoms with Crippen LogP contribution in [0.5, 0.6) is 0 Å². The van der Waals surface area contributed by atoms with Crippen LogP contribution >= 0.6 is 0 Å². The predicted octanol–water partition coefficient (Wildman–Crippen LogP) is 2.30. The smallest absolute Gasteiger partial charge is 0.240 e. The highest BCUT2D eigenvalue weighted by Gasteiger charge is 2.04. The summed E-state index contributed by atoms with van der Waals surface area (Å²) >= 11 is 0. The third-order valence-corrected chi connectivity index (χ3v) is 3.18. The molecule has 0 aliphatic carbocycles. The van der Waals surface area contributed by atoms with E-state index in [1.165, 1.54) is 5.56 Å². The highest BCUT2D eigenvalue weighted by atomic mass is 16.1. The molecule has 0 bridgehead atoms. The van der Waals surface area contributed by atoms with Gasteiger partial charge in [-0.25, -0.2) is 0 Å². The Morgan fingerprint density at radius 1 is 1.10 bits per heavy atom. The molecule has 0 spiro atoms. The van der Waals surface area contributed by atoms with Crippen LogP contribution in [0.2, 0.25) is 0 Å². The Labute approximate surface area is 126 Å². The molecule has 1 aromatic carbocycles. The van der Waals surface area contributed by atoms with Crippen LogP contribution in [0.4, 0.5) is 0 Å². The van der Waals surface area contributed by atoms with E-state index in [0.29, 0.717) is 19.1 Å². The van der Waals surface area contributed by atoms with E-state index in [4.69, 9.17) is 0 Å². The zero-order chi connectivity index (χ0) is 15.1.